The summed E-state index contributed by atoms with van der Waals surface area (Å²) < 4.78 is 24.5. The first-order valence-corrected chi connectivity index (χ1v) is 9.05. The number of aromatic amines is 2. The number of benzene rings is 2. The molecule has 4 rings (SSSR count). The number of nitrogens with zero attached hydrogens (tertiary/aromatic N) is 4. The van der Waals surface area contributed by atoms with Crippen molar-refractivity contribution in [3.63, 3.8) is 0 Å². The van der Waals surface area contributed by atoms with Gasteiger partial charge in [0, 0.05) is 5.56 Å². The number of imidazole rings is 1. The van der Waals surface area contributed by atoms with Gasteiger partial charge in [-0.25, -0.2) is 23.6 Å². The third kappa shape index (κ3) is 2.59. The quantitative estimate of drug-likeness (QED) is 0.416. The van der Waals surface area contributed by atoms with Gasteiger partial charge < -0.3 is 10.7 Å². The SMILES string of the molecule is Cc1ccc(-c2ccc3nc(N)[nH]c3c2)c(-c2nnn[nH]2)c1S(N)(=O)=O. The number of nitrogen functional groups attached to an aromatic ring is 1. The van der Waals surface area contributed by atoms with E-state index in [1.165, 1.54) is 0 Å². The van der Waals surface area contributed by atoms with Gasteiger partial charge in [-0.3, -0.25) is 0 Å². The van der Waals surface area contributed by atoms with Crippen LogP contribution in [0.5, 0.6) is 0 Å². The maximum Gasteiger partial charge on any atom is 0.239 e. The highest BCUT2D eigenvalue weighted by Gasteiger charge is 2.24. The number of hydrogen-bond donors (Lipinski definition) is 4. The number of anilines is 1. The second kappa shape index (κ2) is 5.61. The normalized spacial score (nSPS) is 11.9. The van der Waals surface area contributed by atoms with E-state index >= 15 is 0 Å². The summed E-state index contributed by atoms with van der Waals surface area (Å²) in [5.41, 5.74) is 9.26. The fourth-order valence-electron chi connectivity index (χ4n) is 2.99. The average Bonchev–Trinajstić information content (AvgIpc) is 3.20. The second-order valence-corrected chi connectivity index (χ2v) is 7.28. The van der Waals surface area contributed by atoms with Gasteiger partial charge in [-0.05, 0) is 46.2 Å². The molecule has 2 aromatic carbocycles. The molecule has 0 atom stereocenters. The molecule has 0 saturated heterocycles. The van der Waals surface area contributed by atoms with Gasteiger partial charge in [0.15, 0.2) is 11.8 Å². The van der Waals surface area contributed by atoms with Crippen LogP contribution >= 0.6 is 0 Å². The van der Waals surface area contributed by atoms with Crippen LogP contribution in [-0.4, -0.2) is 39.0 Å². The van der Waals surface area contributed by atoms with Crippen molar-refractivity contribution in [2.75, 3.05) is 5.73 Å². The lowest BCUT2D eigenvalue weighted by Gasteiger charge is -2.14. The average molecular weight is 370 g/mol. The molecular weight excluding hydrogens is 356 g/mol. The highest BCUT2D eigenvalue weighted by Crippen LogP contribution is 2.37. The molecule has 2 heterocycles. The second-order valence-electron chi connectivity index (χ2n) is 5.78. The third-order valence-corrected chi connectivity index (χ3v) is 5.13. The summed E-state index contributed by atoms with van der Waals surface area (Å²) in [7, 11) is -4.01. The van der Waals surface area contributed by atoms with Crippen LogP contribution in [-0.2, 0) is 10.0 Å². The summed E-state index contributed by atoms with van der Waals surface area (Å²) in [5.74, 6) is 0.503. The third-order valence-electron chi connectivity index (χ3n) is 4.03. The molecule has 2 aromatic heterocycles. The monoisotopic (exact) mass is 370 g/mol. The summed E-state index contributed by atoms with van der Waals surface area (Å²) in [6.07, 6.45) is 0. The van der Waals surface area contributed by atoms with Gasteiger partial charge in [0.05, 0.1) is 15.9 Å². The smallest absolute Gasteiger partial charge is 0.239 e. The topological polar surface area (TPSA) is 169 Å². The first-order valence-electron chi connectivity index (χ1n) is 7.50. The predicted octanol–water partition coefficient (Wildman–Crippen LogP) is 0.948. The first-order chi connectivity index (χ1) is 12.3. The van der Waals surface area contributed by atoms with Crippen LogP contribution < -0.4 is 10.9 Å². The Bertz CT molecular complexity index is 1230. The fourth-order valence-corrected chi connectivity index (χ4v) is 4.00. The van der Waals surface area contributed by atoms with Crippen molar-refractivity contribution >= 4 is 27.0 Å². The number of nitrogens with two attached hydrogens (primary N) is 2. The van der Waals surface area contributed by atoms with E-state index in [0.717, 1.165) is 11.1 Å². The van der Waals surface area contributed by atoms with Crippen molar-refractivity contribution in [2.24, 2.45) is 5.14 Å². The zero-order valence-corrected chi connectivity index (χ0v) is 14.4. The van der Waals surface area contributed by atoms with Gasteiger partial charge in [-0.15, -0.1) is 5.10 Å². The number of nitrogens with one attached hydrogen (secondary N) is 2. The maximum atomic E-state index is 12.2. The molecule has 0 radical (unpaired) electrons. The van der Waals surface area contributed by atoms with Crippen LogP contribution in [0.4, 0.5) is 5.95 Å². The molecule has 0 aliphatic rings. The molecule has 0 aliphatic carbocycles. The van der Waals surface area contributed by atoms with Gasteiger partial charge in [0.1, 0.15) is 0 Å². The summed E-state index contributed by atoms with van der Waals surface area (Å²) in [6, 6.07) is 8.91. The molecule has 26 heavy (non-hydrogen) atoms. The predicted molar refractivity (Wildman–Crippen MR) is 95.2 cm³/mol. The van der Waals surface area contributed by atoms with Gasteiger partial charge >= 0.3 is 0 Å². The maximum absolute atomic E-state index is 12.2. The molecule has 6 N–H and O–H groups in total. The molecule has 0 amide bonds. The number of sulfonamides is 1. The Morgan fingerprint density at radius 2 is 1.96 bits per heavy atom. The summed E-state index contributed by atoms with van der Waals surface area (Å²) in [4.78, 5) is 7.08. The molecule has 0 spiro atoms. The van der Waals surface area contributed by atoms with E-state index in [2.05, 4.69) is 30.6 Å². The molecule has 0 aliphatic heterocycles. The number of H-pyrrole nitrogens is 2. The lowest BCUT2D eigenvalue weighted by molar-refractivity contribution is 0.597. The van der Waals surface area contributed by atoms with Crippen LogP contribution in [0.3, 0.4) is 0 Å². The zero-order chi connectivity index (χ0) is 18.5. The van der Waals surface area contributed by atoms with Crippen LogP contribution in [0.1, 0.15) is 5.56 Å². The number of hydrogen-bond acceptors (Lipinski definition) is 7. The Balaban J connectivity index is 2.07. The molecule has 0 unspecified atom stereocenters. The summed E-state index contributed by atoms with van der Waals surface area (Å²) in [6.45, 7) is 1.66. The Kier molecular flexibility index (Phi) is 3.49. The highest BCUT2D eigenvalue weighted by molar-refractivity contribution is 7.89. The van der Waals surface area contributed by atoms with E-state index in [0.29, 0.717) is 28.2 Å². The zero-order valence-electron chi connectivity index (χ0n) is 13.6. The van der Waals surface area contributed by atoms with E-state index < -0.39 is 10.0 Å². The van der Waals surface area contributed by atoms with Crippen molar-refractivity contribution in [1.29, 1.82) is 0 Å². The van der Waals surface area contributed by atoms with Crippen LogP contribution in [0.25, 0.3) is 33.5 Å². The van der Waals surface area contributed by atoms with Crippen molar-refractivity contribution in [2.45, 2.75) is 11.8 Å². The van der Waals surface area contributed by atoms with Gasteiger partial charge in [-0.1, -0.05) is 18.2 Å². The minimum Gasteiger partial charge on any atom is -0.369 e. The molecule has 0 fully saturated rings. The number of aryl methyl sites for hydroxylation is 1. The standard InChI is InChI=1S/C15H14N8O2S/c1-7-2-4-9(8-3-5-10-11(6-8)19-15(16)18-10)12(13(7)26(17,24)25)14-20-22-23-21-14/h2-6H,1H3,(H3,16,18,19)(H2,17,24,25)(H,20,21,22,23). The van der Waals surface area contributed by atoms with Gasteiger partial charge in [0.2, 0.25) is 10.0 Å². The van der Waals surface area contributed by atoms with E-state index in [4.69, 9.17) is 10.9 Å². The molecule has 0 saturated carbocycles. The number of primary sulfonamides is 1. The van der Waals surface area contributed by atoms with Gasteiger partial charge in [0.25, 0.3) is 0 Å². The largest absolute Gasteiger partial charge is 0.369 e. The highest BCUT2D eigenvalue weighted by atomic mass is 32.2. The minimum absolute atomic E-state index is 0.0298. The van der Waals surface area contributed by atoms with Crippen molar-refractivity contribution in [3.05, 3.63) is 35.9 Å². The molecule has 11 heteroatoms. The number of rotatable bonds is 3. The fraction of sp³-hybridized carbons (Fsp3) is 0.0667. The van der Waals surface area contributed by atoms with E-state index in [9.17, 15) is 8.42 Å². The first kappa shape index (κ1) is 16.2. The Morgan fingerprint density at radius 3 is 2.65 bits per heavy atom. The van der Waals surface area contributed by atoms with E-state index in [1.54, 1.807) is 25.1 Å². The number of fused-ring (bicyclic) bond motifs is 1. The Labute approximate surface area is 147 Å². The Morgan fingerprint density at radius 1 is 1.15 bits per heavy atom. The summed E-state index contributed by atoms with van der Waals surface area (Å²) in [5, 5.41) is 19.1. The lowest BCUT2D eigenvalue weighted by atomic mass is 9.97. The van der Waals surface area contributed by atoms with Gasteiger partial charge in [-0.2, -0.15) is 0 Å². The van der Waals surface area contributed by atoms with Crippen molar-refractivity contribution in [3.8, 4) is 22.5 Å². The minimum atomic E-state index is -4.01. The van der Waals surface area contributed by atoms with Crippen molar-refractivity contribution in [1.82, 2.24) is 30.6 Å². The molecule has 132 valence electrons. The van der Waals surface area contributed by atoms with E-state index in [1.807, 2.05) is 12.1 Å². The summed E-state index contributed by atoms with van der Waals surface area (Å²) >= 11 is 0. The molecule has 10 nitrogen and oxygen atoms in total. The van der Waals surface area contributed by atoms with Crippen LogP contribution in [0, 0.1) is 6.92 Å². The lowest BCUT2D eigenvalue weighted by Crippen LogP contribution is -2.16. The molecule has 0 bridgehead atoms. The Hall–Kier alpha value is -3.31. The number of tetrazole rings is 1. The number of aromatic nitrogens is 6. The van der Waals surface area contributed by atoms with Crippen LogP contribution in [0.15, 0.2) is 35.2 Å². The van der Waals surface area contributed by atoms with Crippen LogP contribution in [0.2, 0.25) is 0 Å². The van der Waals surface area contributed by atoms with E-state index in [-0.39, 0.29) is 10.7 Å². The molecule has 4 aromatic rings. The molecular formula is C15H14N8O2S. The van der Waals surface area contributed by atoms with Crippen molar-refractivity contribution < 1.29 is 8.42 Å².